The van der Waals surface area contributed by atoms with Gasteiger partial charge in [0.05, 0.1) is 32.5 Å². The highest BCUT2D eigenvalue weighted by Gasteiger charge is 2.52. The van der Waals surface area contributed by atoms with Gasteiger partial charge in [0.25, 0.3) is 0 Å². The van der Waals surface area contributed by atoms with E-state index in [0.29, 0.717) is 5.75 Å². The molecule has 14 atom stereocenters. The number of methoxy groups -OCH3 is 1. The summed E-state index contributed by atoms with van der Waals surface area (Å²) in [6, 6.07) is 4.29. The Morgan fingerprint density at radius 3 is 2.16 bits per heavy atom. The van der Waals surface area contributed by atoms with Crippen molar-refractivity contribution in [2.24, 2.45) is 0 Å². The first-order valence-corrected chi connectivity index (χ1v) is 13.5. The number of carbonyl (C=O) groups is 1. The summed E-state index contributed by atoms with van der Waals surface area (Å²) in [7, 11) is 1.38. The van der Waals surface area contributed by atoms with Crippen molar-refractivity contribution in [1.29, 1.82) is 0 Å². The Kier molecular flexibility index (Phi) is 11.3. The normalized spacial score (nSPS) is 41.9. The molecule has 3 saturated heterocycles. The first kappa shape index (κ1) is 33.8. The molecule has 0 saturated carbocycles. The van der Waals surface area contributed by atoms with E-state index in [0.717, 1.165) is 0 Å². The Balaban J connectivity index is 1.59. The SMILES string of the molecule is COc1ccc(C(C)=O)c(O[C@@H]2O[C@H](CO[C@@H]3OC[C@H](O)[C@H](O)[C@H]3O)[C@@H](O)[C@H](O[C@@H]3O[C@H](CO)[C@@H](O)[C@H](O)[C@H]3O)[C@H]2O)c1. The zero-order chi connectivity index (χ0) is 31.6. The molecule has 17 heteroatoms. The Morgan fingerprint density at radius 1 is 0.837 bits per heavy atom. The van der Waals surface area contributed by atoms with Gasteiger partial charge in [0, 0.05) is 6.07 Å². The van der Waals surface area contributed by atoms with Crippen LogP contribution in [0.25, 0.3) is 0 Å². The minimum absolute atomic E-state index is 0.0679. The number of rotatable bonds is 10. The molecular formula is C26H38O17. The van der Waals surface area contributed by atoms with E-state index in [9.17, 15) is 50.8 Å². The molecule has 3 aliphatic rings. The lowest BCUT2D eigenvalue weighted by molar-refractivity contribution is -0.357. The fourth-order valence-electron chi connectivity index (χ4n) is 4.89. The molecule has 0 amide bonds. The van der Waals surface area contributed by atoms with Crippen LogP contribution in [0.5, 0.6) is 11.5 Å². The van der Waals surface area contributed by atoms with Crippen LogP contribution in [0.1, 0.15) is 17.3 Å². The number of hydrogen-bond donors (Lipinski definition) is 9. The third-order valence-electron chi connectivity index (χ3n) is 7.47. The summed E-state index contributed by atoms with van der Waals surface area (Å²) in [6.45, 7) is -0.419. The lowest BCUT2D eigenvalue weighted by Gasteiger charge is -2.46. The second kappa shape index (κ2) is 14.4. The zero-order valence-electron chi connectivity index (χ0n) is 23.2. The number of ether oxygens (including phenoxy) is 7. The minimum atomic E-state index is -1.88. The summed E-state index contributed by atoms with van der Waals surface area (Å²) in [4.78, 5) is 12.2. The molecule has 0 aliphatic carbocycles. The van der Waals surface area contributed by atoms with Crippen molar-refractivity contribution >= 4 is 5.78 Å². The van der Waals surface area contributed by atoms with E-state index in [1.165, 1.54) is 32.2 Å². The van der Waals surface area contributed by atoms with Gasteiger partial charge in [-0.2, -0.15) is 0 Å². The van der Waals surface area contributed by atoms with E-state index in [2.05, 4.69) is 0 Å². The highest BCUT2D eigenvalue weighted by atomic mass is 16.7. The summed E-state index contributed by atoms with van der Waals surface area (Å²) in [5.41, 5.74) is 0.0909. The molecule has 244 valence electrons. The number of aliphatic hydroxyl groups excluding tert-OH is 9. The molecule has 17 nitrogen and oxygen atoms in total. The lowest BCUT2D eigenvalue weighted by atomic mass is 9.97. The van der Waals surface area contributed by atoms with Crippen LogP contribution in [0.4, 0.5) is 0 Å². The monoisotopic (exact) mass is 622 g/mol. The molecular weight excluding hydrogens is 584 g/mol. The van der Waals surface area contributed by atoms with E-state index >= 15 is 0 Å². The van der Waals surface area contributed by atoms with Gasteiger partial charge in [-0.15, -0.1) is 0 Å². The van der Waals surface area contributed by atoms with Gasteiger partial charge in [-0.1, -0.05) is 0 Å². The number of aliphatic hydroxyl groups is 9. The number of benzene rings is 1. The zero-order valence-corrected chi connectivity index (χ0v) is 23.2. The Bertz CT molecular complexity index is 1070. The van der Waals surface area contributed by atoms with Gasteiger partial charge in [0.1, 0.15) is 78.6 Å². The van der Waals surface area contributed by atoms with Crippen LogP contribution >= 0.6 is 0 Å². The lowest BCUT2D eigenvalue weighted by Crippen LogP contribution is -2.65. The largest absolute Gasteiger partial charge is 0.497 e. The number of carbonyl (C=O) groups excluding carboxylic acids is 1. The predicted molar refractivity (Wildman–Crippen MR) is 137 cm³/mol. The maximum Gasteiger partial charge on any atom is 0.229 e. The van der Waals surface area contributed by atoms with Crippen molar-refractivity contribution in [3.8, 4) is 11.5 Å². The van der Waals surface area contributed by atoms with Crippen molar-refractivity contribution in [2.45, 2.75) is 92.9 Å². The molecule has 43 heavy (non-hydrogen) atoms. The molecule has 0 unspecified atom stereocenters. The average molecular weight is 623 g/mol. The van der Waals surface area contributed by atoms with Crippen LogP contribution in [-0.2, 0) is 23.7 Å². The van der Waals surface area contributed by atoms with Crippen LogP contribution in [0.2, 0.25) is 0 Å². The topological polar surface area (TPSA) is 264 Å². The second-order valence-corrected chi connectivity index (χ2v) is 10.4. The Labute approximate surface area is 245 Å². The standard InChI is InChI=1S/C26H38O17/c1-9(28)11-4-3-10(37-2)5-13(11)40-26-22(36)23(43-25-21(35)19(33)17(31)14(6-27)41-25)18(32)15(42-26)8-39-24-20(34)16(30)12(29)7-38-24/h3-5,12,14-27,29-36H,6-8H2,1-2H3/t12-,14+,15+,16-,17+,18+,19-,20+,21+,22+,23-,24-,25-,26+/m0/s1. The highest BCUT2D eigenvalue weighted by molar-refractivity contribution is 5.97. The van der Waals surface area contributed by atoms with Crippen LogP contribution in [0.3, 0.4) is 0 Å². The maximum absolute atomic E-state index is 12.2. The molecule has 1 aromatic carbocycles. The molecule has 3 aliphatic heterocycles. The molecule has 3 fully saturated rings. The van der Waals surface area contributed by atoms with Gasteiger partial charge < -0.3 is 79.1 Å². The number of hydrogen-bond acceptors (Lipinski definition) is 17. The molecule has 0 bridgehead atoms. The van der Waals surface area contributed by atoms with Gasteiger partial charge in [-0.3, -0.25) is 4.79 Å². The van der Waals surface area contributed by atoms with Gasteiger partial charge in [0.2, 0.25) is 6.29 Å². The fourth-order valence-corrected chi connectivity index (χ4v) is 4.89. The first-order valence-electron chi connectivity index (χ1n) is 13.5. The molecule has 0 spiro atoms. The highest BCUT2D eigenvalue weighted by Crippen LogP contribution is 2.33. The smallest absolute Gasteiger partial charge is 0.229 e. The summed E-state index contributed by atoms with van der Waals surface area (Å²) >= 11 is 0. The van der Waals surface area contributed by atoms with Gasteiger partial charge >= 0.3 is 0 Å². The summed E-state index contributed by atoms with van der Waals surface area (Å²) < 4.78 is 38.5. The Morgan fingerprint density at radius 2 is 1.51 bits per heavy atom. The van der Waals surface area contributed by atoms with E-state index in [4.69, 9.17) is 33.2 Å². The van der Waals surface area contributed by atoms with E-state index in [1.54, 1.807) is 0 Å². The van der Waals surface area contributed by atoms with Gasteiger partial charge in [0.15, 0.2) is 18.4 Å². The first-order chi connectivity index (χ1) is 20.4. The van der Waals surface area contributed by atoms with Crippen molar-refractivity contribution in [3.05, 3.63) is 23.8 Å². The van der Waals surface area contributed by atoms with Crippen LogP contribution in [-0.4, -0.2) is 165 Å². The molecule has 9 N–H and O–H groups in total. The second-order valence-electron chi connectivity index (χ2n) is 10.4. The average Bonchev–Trinajstić information content (AvgIpc) is 2.99. The molecule has 1 aromatic rings. The third kappa shape index (κ3) is 7.26. The Hall–Kier alpha value is -2.07. The maximum atomic E-state index is 12.2. The number of Topliss-reactive ketones (excluding diaryl/α,β-unsaturated/α-hetero) is 1. The molecule has 3 heterocycles. The predicted octanol–water partition coefficient (Wildman–Crippen LogP) is -4.64. The van der Waals surface area contributed by atoms with Crippen molar-refractivity contribution in [2.75, 3.05) is 26.9 Å². The van der Waals surface area contributed by atoms with Crippen LogP contribution < -0.4 is 9.47 Å². The summed E-state index contributed by atoms with van der Waals surface area (Å²) in [5.74, 6) is -0.175. The van der Waals surface area contributed by atoms with E-state index < -0.39 is 105 Å². The van der Waals surface area contributed by atoms with Gasteiger partial charge in [-0.05, 0) is 19.1 Å². The van der Waals surface area contributed by atoms with E-state index in [-0.39, 0.29) is 17.9 Å². The third-order valence-corrected chi connectivity index (χ3v) is 7.47. The van der Waals surface area contributed by atoms with Crippen molar-refractivity contribution in [3.63, 3.8) is 0 Å². The van der Waals surface area contributed by atoms with E-state index in [1.807, 2.05) is 0 Å². The minimum Gasteiger partial charge on any atom is -0.497 e. The molecule has 0 radical (unpaired) electrons. The van der Waals surface area contributed by atoms with Crippen LogP contribution in [0, 0.1) is 0 Å². The fraction of sp³-hybridized carbons (Fsp3) is 0.731. The summed E-state index contributed by atoms with van der Waals surface area (Å²) in [5, 5.41) is 92.4. The molecule has 0 aromatic heterocycles. The number of ketones is 1. The summed E-state index contributed by atoms with van der Waals surface area (Å²) in [6.07, 6.45) is -23.0. The van der Waals surface area contributed by atoms with Crippen molar-refractivity contribution in [1.82, 2.24) is 0 Å². The van der Waals surface area contributed by atoms with Crippen molar-refractivity contribution < 1.29 is 83.9 Å². The molecule has 4 rings (SSSR count). The quantitative estimate of drug-likeness (QED) is 0.111. The van der Waals surface area contributed by atoms with Gasteiger partial charge in [-0.25, -0.2) is 0 Å². The van der Waals surface area contributed by atoms with Crippen LogP contribution in [0.15, 0.2) is 18.2 Å².